The van der Waals surface area contributed by atoms with E-state index in [1.165, 1.54) is 37.6 Å². The Morgan fingerprint density at radius 3 is 2.45 bits per heavy atom. The molecule has 1 amide bonds. The normalized spacial score (nSPS) is 14.3. The zero-order valence-corrected chi connectivity index (χ0v) is 27.0. The van der Waals surface area contributed by atoms with Gasteiger partial charge in [0.2, 0.25) is 5.56 Å². The van der Waals surface area contributed by atoms with Crippen LogP contribution in [-0.4, -0.2) is 66.7 Å². The Kier molecular flexibility index (Phi) is 9.50. The summed E-state index contributed by atoms with van der Waals surface area (Å²) < 4.78 is 85.0. The van der Waals surface area contributed by atoms with Gasteiger partial charge in [0.15, 0.2) is 5.82 Å². The number of amides is 1. The number of aromatic nitrogens is 3. The minimum atomic E-state index is -4.85. The number of benzene rings is 2. The van der Waals surface area contributed by atoms with Crippen LogP contribution in [0.25, 0.3) is 22.4 Å². The van der Waals surface area contributed by atoms with Crippen molar-refractivity contribution in [3.05, 3.63) is 88.7 Å². The van der Waals surface area contributed by atoms with Crippen LogP contribution in [0, 0.1) is 17.5 Å². The number of methoxy groups -OCH3 is 1. The molecule has 11 nitrogen and oxygen atoms in total. The second kappa shape index (κ2) is 13.2. The highest BCUT2D eigenvalue weighted by Gasteiger charge is 2.33. The number of hydrogen-bond acceptors (Lipinski definition) is 7. The van der Waals surface area contributed by atoms with Gasteiger partial charge in [0, 0.05) is 49.8 Å². The summed E-state index contributed by atoms with van der Waals surface area (Å²) in [6.07, 6.45) is 3.71. The number of rotatable bonds is 8. The summed E-state index contributed by atoms with van der Waals surface area (Å²) in [6, 6.07) is 8.65. The molecule has 250 valence electrons. The first-order chi connectivity index (χ1) is 22.2. The molecule has 47 heavy (non-hydrogen) atoms. The highest BCUT2D eigenvalue weighted by Crippen LogP contribution is 2.38. The standard InChI is InChI=1S/C32H34F3N5O6S/c1-32(2,3)46-31(42)38-14-11-22(12-15-38)39-18-24(20-10-13-36-28(41)16-20)30(37-39)23-6-5-7-26(29(23)35)40(19-45-4)47(43,44)27-17-21(33)8-9-25(27)34/h5-10,13,16-18,22H,11-12,14-15,19H2,1-4H3,(H,36,41). The van der Waals surface area contributed by atoms with E-state index >= 15 is 4.39 Å². The van der Waals surface area contributed by atoms with E-state index in [0.717, 1.165) is 6.07 Å². The van der Waals surface area contributed by atoms with Crippen LogP contribution in [0.1, 0.15) is 39.7 Å². The molecule has 1 fully saturated rings. The summed E-state index contributed by atoms with van der Waals surface area (Å²) in [6.45, 7) is 5.42. The number of aromatic amines is 1. The average molecular weight is 674 g/mol. The van der Waals surface area contributed by atoms with Crippen molar-refractivity contribution >= 4 is 21.8 Å². The van der Waals surface area contributed by atoms with Gasteiger partial charge in [-0.2, -0.15) is 5.10 Å². The fraction of sp³-hybridized carbons (Fsp3) is 0.344. The van der Waals surface area contributed by atoms with E-state index < -0.39 is 62.0 Å². The number of sulfonamides is 1. The van der Waals surface area contributed by atoms with E-state index in [1.807, 2.05) is 0 Å². The minimum absolute atomic E-state index is 0.108. The Hall–Kier alpha value is -4.63. The highest BCUT2D eigenvalue weighted by molar-refractivity contribution is 7.92. The Balaban J connectivity index is 1.56. The van der Waals surface area contributed by atoms with E-state index in [2.05, 4.69) is 4.98 Å². The van der Waals surface area contributed by atoms with Crippen molar-refractivity contribution in [2.45, 2.75) is 50.2 Å². The molecule has 1 N–H and O–H groups in total. The van der Waals surface area contributed by atoms with Crippen LogP contribution in [0.3, 0.4) is 0 Å². The number of ether oxygens (including phenoxy) is 2. The Morgan fingerprint density at radius 1 is 1.06 bits per heavy atom. The van der Waals surface area contributed by atoms with E-state index in [-0.39, 0.29) is 17.3 Å². The smallest absolute Gasteiger partial charge is 0.410 e. The number of nitrogens with one attached hydrogen (secondary N) is 1. The lowest BCUT2D eigenvalue weighted by Gasteiger charge is -2.33. The van der Waals surface area contributed by atoms with Gasteiger partial charge < -0.3 is 19.4 Å². The number of piperidine rings is 1. The number of halogens is 3. The minimum Gasteiger partial charge on any atom is -0.444 e. The lowest BCUT2D eigenvalue weighted by Crippen LogP contribution is -2.42. The van der Waals surface area contributed by atoms with Gasteiger partial charge in [-0.25, -0.2) is 30.7 Å². The Bertz CT molecular complexity index is 1950. The fourth-order valence-electron chi connectivity index (χ4n) is 5.32. The summed E-state index contributed by atoms with van der Waals surface area (Å²) in [5.41, 5.74) is -0.737. The number of pyridine rings is 1. The van der Waals surface area contributed by atoms with Gasteiger partial charge in [0.25, 0.3) is 10.0 Å². The highest BCUT2D eigenvalue weighted by atomic mass is 32.2. The maximum absolute atomic E-state index is 16.6. The third kappa shape index (κ3) is 7.20. The molecule has 5 rings (SSSR count). The average Bonchev–Trinajstić information content (AvgIpc) is 3.46. The number of nitrogens with zero attached hydrogens (tertiary/aromatic N) is 4. The summed E-state index contributed by atoms with van der Waals surface area (Å²) in [5, 5.41) is 4.71. The third-order valence-electron chi connectivity index (χ3n) is 7.52. The maximum atomic E-state index is 16.6. The van der Waals surface area contributed by atoms with Crippen molar-refractivity contribution in [1.82, 2.24) is 19.7 Å². The third-order valence-corrected chi connectivity index (χ3v) is 9.27. The van der Waals surface area contributed by atoms with Crippen molar-refractivity contribution in [2.75, 3.05) is 31.2 Å². The van der Waals surface area contributed by atoms with Crippen molar-refractivity contribution in [1.29, 1.82) is 0 Å². The van der Waals surface area contributed by atoms with Gasteiger partial charge in [0.05, 0.1) is 11.7 Å². The lowest BCUT2D eigenvalue weighted by molar-refractivity contribution is 0.0184. The summed E-state index contributed by atoms with van der Waals surface area (Å²) in [5.74, 6) is -3.25. The number of carbonyl (C=O) groups excluding carboxylic acids is 1. The second-order valence-electron chi connectivity index (χ2n) is 12.0. The first-order valence-electron chi connectivity index (χ1n) is 14.7. The number of hydrogen-bond donors (Lipinski definition) is 1. The molecule has 1 aliphatic rings. The molecule has 3 heterocycles. The van der Waals surface area contributed by atoms with Crippen LogP contribution < -0.4 is 9.86 Å². The van der Waals surface area contributed by atoms with E-state index in [0.29, 0.717) is 53.5 Å². The van der Waals surface area contributed by atoms with Gasteiger partial charge in [0.1, 0.15) is 34.6 Å². The predicted molar refractivity (Wildman–Crippen MR) is 168 cm³/mol. The largest absolute Gasteiger partial charge is 0.444 e. The molecular weight excluding hydrogens is 639 g/mol. The lowest BCUT2D eigenvalue weighted by atomic mass is 10.0. The molecule has 2 aromatic heterocycles. The van der Waals surface area contributed by atoms with Gasteiger partial charge >= 0.3 is 6.09 Å². The first kappa shape index (κ1) is 33.7. The monoisotopic (exact) mass is 673 g/mol. The maximum Gasteiger partial charge on any atom is 0.410 e. The van der Waals surface area contributed by atoms with Gasteiger partial charge in [-0.15, -0.1) is 0 Å². The molecule has 4 aromatic rings. The molecular formula is C32H34F3N5O6S. The molecule has 0 spiro atoms. The molecule has 2 aromatic carbocycles. The van der Waals surface area contributed by atoms with Crippen LogP contribution in [0.2, 0.25) is 0 Å². The SMILES string of the molecule is COCN(c1cccc(-c2nn(C3CCN(C(=O)OC(C)(C)C)CC3)cc2-c2cc[nH]c(=O)c2)c1F)S(=O)(=O)c1cc(F)ccc1F. The van der Waals surface area contributed by atoms with Crippen LogP contribution in [0.5, 0.6) is 0 Å². The Labute approximate surface area is 269 Å². The molecule has 1 aliphatic heterocycles. The molecule has 0 radical (unpaired) electrons. The zero-order valence-electron chi connectivity index (χ0n) is 26.2. The van der Waals surface area contributed by atoms with Crippen LogP contribution in [0.4, 0.5) is 23.7 Å². The van der Waals surface area contributed by atoms with Gasteiger partial charge in [-0.1, -0.05) is 6.07 Å². The zero-order chi connectivity index (χ0) is 34.1. The van der Waals surface area contributed by atoms with E-state index in [4.69, 9.17) is 14.6 Å². The van der Waals surface area contributed by atoms with Gasteiger partial charge in [-0.05, 0) is 75.6 Å². The van der Waals surface area contributed by atoms with Crippen molar-refractivity contribution < 1.29 is 35.9 Å². The van der Waals surface area contributed by atoms with Crippen molar-refractivity contribution in [3.63, 3.8) is 0 Å². The van der Waals surface area contributed by atoms with Crippen LogP contribution >= 0.6 is 0 Å². The van der Waals surface area contributed by atoms with Crippen LogP contribution in [-0.2, 0) is 19.5 Å². The number of anilines is 1. The van der Waals surface area contributed by atoms with Crippen LogP contribution in [0.15, 0.2) is 70.6 Å². The molecule has 0 aliphatic carbocycles. The van der Waals surface area contributed by atoms with Gasteiger partial charge in [-0.3, -0.25) is 9.48 Å². The van der Waals surface area contributed by atoms with E-state index in [1.54, 1.807) is 42.6 Å². The predicted octanol–water partition coefficient (Wildman–Crippen LogP) is 5.69. The molecule has 0 saturated carbocycles. The molecule has 1 saturated heterocycles. The quantitative estimate of drug-likeness (QED) is 0.238. The number of carbonyl (C=O) groups is 1. The fourth-order valence-corrected chi connectivity index (χ4v) is 6.77. The first-order valence-corrected chi connectivity index (χ1v) is 16.2. The van der Waals surface area contributed by atoms with Crippen molar-refractivity contribution in [3.8, 4) is 22.4 Å². The molecule has 0 bridgehead atoms. The Morgan fingerprint density at radius 2 is 1.79 bits per heavy atom. The summed E-state index contributed by atoms with van der Waals surface area (Å²) >= 11 is 0. The summed E-state index contributed by atoms with van der Waals surface area (Å²) in [4.78, 5) is 28.0. The molecule has 0 atom stereocenters. The summed E-state index contributed by atoms with van der Waals surface area (Å²) in [7, 11) is -3.68. The molecule has 0 unspecified atom stereocenters. The second-order valence-corrected chi connectivity index (χ2v) is 13.8. The topological polar surface area (TPSA) is 127 Å². The molecule has 15 heteroatoms. The van der Waals surface area contributed by atoms with Crippen molar-refractivity contribution in [2.24, 2.45) is 0 Å². The number of likely N-dealkylation sites (tertiary alicyclic amines) is 1. The number of H-pyrrole nitrogens is 1. The van der Waals surface area contributed by atoms with E-state index in [9.17, 15) is 26.8 Å².